The molecule has 0 aliphatic heterocycles. The van der Waals surface area contributed by atoms with Crippen LogP contribution in [0.2, 0.25) is 0 Å². The van der Waals surface area contributed by atoms with E-state index in [2.05, 4.69) is 5.32 Å². The van der Waals surface area contributed by atoms with Gasteiger partial charge in [-0.2, -0.15) is 0 Å². The van der Waals surface area contributed by atoms with E-state index in [4.69, 9.17) is 0 Å². The van der Waals surface area contributed by atoms with E-state index in [9.17, 15) is 17.2 Å². The maximum absolute atomic E-state index is 14.3. The monoisotopic (exact) mass is 306 g/mol. The molecule has 7 heteroatoms. The van der Waals surface area contributed by atoms with E-state index in [1.807, 2.05) is 6.92 Å². The van der Waals surface area contributed by atoms with Crippen molar-refractivity contribution in [2.24, 2.45) is 0 Å². The van der Waals surface area contributed by atoms with Crippen LogP contribution in [-0.4, -0.2) is 32.9 Å². The van der Waals surface area contributed by atoms with Crippen LogP contribution in [0.15, 0.2) is 17.0 Å². The standard InChI is InChI=1S/C13H20F2N2O2S/c1-4-8-16-9-10-11(14)6-7-12(13(10)15)20(18,19)17(3)5-2/h6-7,16H,4-5,8-9H2,1-3H3. The first kappa shape index (κ1) is 17.0. The molecule has 1 rings (SSSR count). The highest BCUT2D eigenvalue weighted by atomic mass is 32.2. The smallest absolute Gasteiger partial charge is 0.245 e. The summed E-state index contributed by atoms with van der Waals surface area (Å²) in [5, 5.41) is 2.87. The molecule has 0 amide bonds. The summed E-state index contributed by atoms with van der Waals surface area (Å²) in [6.45, 7) is 4.34. The molecule has 1 N–H and O–H groups in total. The molecular formula is C13H20F2N2O2S. The fourth-order valence-electron chi connectivity index (χ4n) is 1.67. The Morgan fingerprint density at radius 2 is 1.90 bits per heavy atom. The molecule has 0 fully saturated rings. The van der Waals surface area contributed by atoms with E-state index >= 15 is 0 Å². The fourth-order valence-corrected chi connectivity index (χ4v) is 2.93. The molecule has 0 saturated heterocycles. The molecule has 0 spiro atoms. The lowest BCUT2D eigenvalue weighted by Crippen LogP contribution is -2.28. The molecule has 0 atom stereocenters. The maximum atomic E-state index is 14.3. The Morgan fingerprint density at radius 3 is 2.45 bits per heavy atom. The van der Waals surface area contributed by atoms with Crippen molar-refractivity contribution in [3.63, 3.8) is 0 Å². The first-order valence-electron chi connectivity index (χ1n) is 6.50. The van der Waals surface area contributed by atoms with Gasteiger partial charge in [0.05, 0.1) is 0 Å². The van der Waals surface area contributed by atoms with Crippen LogP contribution in [0.25, 0.3) is 0 Å². The van der Waals surface area contributed by atoms with Crippen molar-refractivity contribution in [3.8, 4) is 0 Å². The summed E-state index contributed by atoms with van der Waals surface area (Å²) in [6.07, 6.45) is 0.819. The summed E-state index contributed by atoms with van der Waals surface area (Å²) in [6, 6.07) is 1.96. The van der Waals surface area contributed by atoms with Gasteiger partial charge in [0.15, 0.2) is 5.82 Å². The van der Waals surface area contributed by atoms with Gasteiger partial charge in [-0.1, -0.05) is 13.8 Å². The van der Waals surface area contributed by atoms with Gasteiger partial charge in [-0.15, -0.1) is 0 Å². The third kappa shape index (κ3) is 3.53. The highest BCUT2D eigenvalue weighted by Gasteiger charge is 2.26. The summed E-state index contributed by atoms with van der Waals surface area (Å²) in [7, 11) is -2.57. The van der Waals surface area contributed by atoms with Gasteiger partial charge < -0.3 is 5.32 Å². The summed E-state index contributed by atoms with van der Waals surface area (Å²) < 4.78 is 53.2. The zero-order chi connectivity index (χ0) is 15.3. The number of benzene rings is 1. The van der Waals surface area contributed by atoms with Gasteiger partial charge in [0.25, 0.3) is 0 Å². The van der Waals surface area contributed by atoms with E-state index in [0.29, 0.717) is 6.54 Å². The van der Waals surface area contributed by atoms with Crippen LogP contribution >= 0.6 is 0 Å². The molecule has 0 unspecified atom stereocenters. The van der Waals surface area contributed by atoms with Gasteiger partial charge >= 0.3 is 0 Å². The van der Waals surface area contributed by atoms with Gasteiger partial charge in [-0.3, -0.25) is 0 Å². The Labute approximate surface area is 118 Å². The molecule has 1 aromatic rings. The summed E-state index contributed by atoms with van der Waals surface area (Å²) in [5.74, 6) is -1.77. The minimum atomic E-state index is -3.93. The molecular weight excluding hydrogens is 286 g/mol. The highest BCUT2D eigenvalue weighted by molar-refractivity contribution is 7.89. The summed E-state index contributed by atoms with van der Waals surface area (Å²) in [5.41, 5.74) is -0.246. The minimum absolute atomic E-state index is 0.0370. The number of halogens is 2. The average Bonchev–Trinajstić information content (AvgIpc) is 2.41. The van der Waals surface area contributed by atoms with Crippen molar-refractivity contribution in [1.29, 1.82) is 0 Å². The van der Waals surface area contributed by atoms with Crippen LogP contribution in [0, 0.1) is 11.6 Å². The molecule has 20 heavy (non-hydrogen) atoms. The van der Waals surface area contributed by atoms with Crippen molar-refractivity contribution in [3.05, 3.63) is 29.3 Å². The van der Waals surface area contributed by atoms with E-state index < -0.39 is 26.6 Å². The Bertz CT molecular complexity index is 562. The Kier molecular flexibility index (Phi) is 6.04. The van der Waals surface area contributed by atoms with Gasteiger partial charge in [0.1, 0.15) is 10.7 Å². The molecule has 1 aromatic carbocycles. The second kappa shape index (κ2) is 7.10. The Morgan fingerprint density at radius 1 is 1.25 bits per heavy atom. The first-order chi connectivity index (χ1) is 9.36. The van der Waals surface area contributed by atoms with Crippen LogP contribution in [0.5, 0.6) is 0 Å². The fraction of sp³-hybridized carbons (Fsp3) is 0.538. The number of sulfonamides is 1. The topological polar surface area (TPSA) is 49.4 Å². The molecule has 0 heterocycles. The minimum Gasteiger partial charge on any atom is -0.312 e. The Balaban J connectivity index is 3.21. The van der Waals surface area contributed by atoms with Crippen molar-refractivity contribution in [2.75, 3.05) is 20.1 Å². The molecule has 0 radical (unpaired) electrons. The van der Waals surface area contributed by atoms with Crippen molar-refractivity contribution >= 4 is 10.0 Å². The molecule has 4 nitrogen and oxygen atoms in total. The number of nitrogens with one attached hydrogen (secondary N) is 1. The molecule has 114 valence electrons. The normalized spacial score (nSPS) is 12.1. The maximum Gasteiger partial charge on any atom is 0.245 e. The van der Waals surface area contributed by atoms with Gasteiger partial charge in [-0.25, -0.2) is 21.5 Å². The van der Waals surface area contributed by atoms with Gasteiger partial charge in [-0.05, 0) is 25.1 Å². The molecule has 0 aliphatic carbocycles. The van der Waals surface area contributed by atoms with E-state index in [-0.39, 0.29) is 18.7 Å². The highest BCUT2D eigenvalue weighted by Crippen LogP contribution is 2.23. The van der Waals surface area contributed by atoms with E-state index in [0.717, 1.165) is 22.9 Å². The number of rotatable bonds is 7. The van der Waals surface area contributed by atoms with Crippen LogP contribution in [0.3, 0.4) is 0 Å². The first-order valence-corrected chi connectivity index (χ1v) is 7.94. The van der Waals surface area contributed by atoms with Crippen LogP contribution in [-0.2, 0) is 16.6 Å². The Hall–Kier alpha value is -1.05. The molecule has 0 aliphatic rings. The molecule has 0 aromatic heterocycles. The second-order valence-corrected chi connectivity index (χ2v) is 6.45. The van der Waals surface area contributed by atoms with Gasteiger partial charge in [0.2, 0.25) is 10.0 Å². The van der Waals surface area contributed by atoms with Crippen LogP contribution in [0.1, 0.15) is 25.8 Å². The number of nitrogens with zero attached hydrogens (tertiary/aromatic N) is 1. The van der Waals surface area contributed by atoms with Crippen molar-refractivity contribution in [2.45, 2.75) is 31.7 Å². The number of hydrogen-bond donors (Lipinski definition) is 1. The number of hydrogen-bond acceptors (Lipinski definition) is 3. The van der Waals surface area contributed by atoms with Gasteiger partial charge in [0, 0.05) is 25.7 Å². The predicted octanol–water partition coefficient (Wildman–Crippen LogP) is 2.10. The third-order valence-corrected chi connectivity index (χ3v) is 4.96. The van der Waals surface area contributed by atoms with Crippen molar-refractivity contribution < 1.29 is 17.2 Å². The zero-order valence-corrected chi connectivity index (χ0v) is 12.7. The molecule has 0 saturated carbocycles. The quantitative estimate of drug-likeness (QED) is 0.785. The van der Waals surface area contributed by atoms with Crippen LogP contribution < -0.4 is 5.32 Å². The largest absolute Gasteiger partial charge is 0.312 e. The van der Waals surface area contributed by atoms with Crippen LogP contribution in [0.4, 0.5) is 8.78 Å². The third-order valence-electron chi connectivity index (χ3n) is 3.01. The van der Waals surface area contributed by atoms with E-state index in [1.54, 1.807) is 6.92 Å². The SMILES string of the molecule is CCCNCc1c(F)ccc(S(=O)(=O)N(C)CC)c1F. The predicted molar refractivity (Wildman–Crippen MR) is 73.8 cm³/mol. The zero-order valence-electron chi connectivity index (χ0n) is 11.9. The lowest BCUT2D eigenvalue weighted by atomic mass is 10.2. The van der Waals surface area contributed by atoms with Crippen molar-refractivity contribution in [1.82, 2.24) is 9.62 Å². The average molecular weight is 306 g/mol. The second-order valence-electron chi connectivity index (χ2n) is 4.43. The summed E-state index contributed by atoms with van der Waals surface area (Å²) in [4.78, 5) is -0.489. The lowest BCUT2D eigenvalue weighted by Gasteiger charge is -2.17. The summed E-state index contributed by atoms with van der Waals surface area (Å²) >= 11 is 0. The van der Waals surface area contributed by atoms with E-state index in [1.165, 1.54) is 7.05 Å². The lowest BCUT2D eigenvalue weighted by molar-refractivity contribution is 0.470. The molecule has 0 bridgehead atoms.